The van der Waals surface area contributed by atoms with Crippen molar-refractivity contribution in [3.63, 3.8) is 0 Å². The second kappa shape index (κ2) is 3.06. The van der Waals surface area contributed by atoms with Crippen LogP contribution in [0.2, 0.25) is 0 Å². The van der Waals surface area contributed by atoms with Gasteiger partial charge in [-0.1, -0.05) is 0 Å². The van der Waals surface area contributed by atoms with Crippen LogP contribution < -0.4 is 5.73 Å². The van der Waals surface area contributed by atoms with Gasteiger partial charge < -0.3 is 0 Å². The summed E-state index contributed by atoms with van der Waals surface area (Å²) < 4.78 is 0. The molecule has 2 N–H and O–H groups in total. The van der Waals surface area contributed by atoms with Gasteiger partial charge in [0.25, 0.3) is 0 Å². The number of hydrogen-bond acceptors (Lipinski definition) is 2. The van der Waals surface area contributed by atoms with Gasteiger partial charge in [0.05, 0.1) is 5.69 Å². The van der Waals surface area contributed by atoms with E-state index >= 15 is 0 Å². The molecule has 0 spiro atoms. The molecule has 2 aliphatic carbocycles. The van der Waals surface area contributed by atoms with Crippen LogP contribution in [0.15, 0.2) is 0 Å². The van der Waals surface area contributed by atoms with Gasteiger partial charge in [0.1, 0.15) is 0 Å². The number of rotatable bonds is 0. The molecule has 0 aromatic carbocycles. The van der Waals surface area contributed by atoms with Gasteiger partial charge in [-0.15, -0.1) is 0 Å². The molecule has 0 bridgehead atoms. The molecule has 3 rings (SSSR count). The Labute approximate surface area is 84.5 Å². The lowest BCUT2D eigenvalue weighted by Gasteiger charge is -2.16. The number of pyridine rings is 1. The average Bonchev–Trinajstić information content (AvgIpc) is 2.66. The van der Waals surface area contributed by atoms with Crippen LogP contribution in [0.25, 0.3) is 0 Å². The molecular weight excluding hydrogens is 172 g/mol. The highest BCUT2D eigenvalue weighted by atomic mass is 14.8. The fourth-order valence-electron chi connectivity index (χ4n) is 2.79. The summed E-state index contributed by atoms with van der Waals surface area (Å²) >= 11 is 0. The van der Waals surface area contributed by atoms with Crippen molar-refractivity contribution in [3.8, 4) is 0 Å². The molecule has 2 nitrogen and oxygen atoms in total. The van der Waals surface area contributed by atoms with Crippen LogP contribution in [-0.4, -0.2) is 4.98 Å². The summed E-state index contributed by atoms with van der Waals surface area (Å²) in [6.07, 6.45) is 8.42. The van der Waals surface area contributed by atoms with Crippen molar-refractivity contribution in [3.05, 3.63) is 22.5 Å². The van der Waals surface area contributed by atoms with E-state index in [-0.39, 0.29) is 0 Å². The molecule has 0 saturated heterocycles. The molecule has 1 radical (unpaired) electrons. The van der Waals surface area contributed by atoms with Crippen LogP contribution in [0.3, 0.4) is 0 Å². The summed E-state index contributed by atoms with van der Waals surface area (Å²) in [5.41, 5.74) is 12.6. The van der Waals surface area contributed by atoms with Gasteiger partial charge in [-0.3, -0.25) is 4.98 Å². The van der Waals surface area contributed by atoms with Crippen LogP contribution in [0.4, 0.5) is 5.69 Å². The Balaban J connectivity index is 2.20. The first-order chi connectivity index (χ1) is 6.86. The molecule has 0 aliphatic heterocycles. The molecule has 1 aromatic rings. The lowest BCUT2D eigenvalue weighted by Crippen LogP contribution is -2.43. The number of anilines is 1. The smallest absolute Gasteiger partial charge is 0.187 e. The Morgan fingerprint density at radius 3 is 2.14 bits per heavy atom. The van der Waals surface area contributed by atoms with Crippen molar-refractivity contribution in [2.75, 3.05) is 0 Å². The maximum absolute atomic E-state index is 6.22. The molecule has 2 aliphatic rings. The molecule has 14 heavy (non-hydrogen) atoms. The van der Waals surface area contributed by atoms with Crippen LogP contribution in [0.1, 0.15) is 41.8 Å². The zero-order chi connectivity index (χ0) is 9.54. The number of aryl methyl sites for hydroxylation is 2. The third-order valence-electron chi connectivity index (χ3n) is 3.55. The molecule has 1 heterocycles. The van der Waals surface area contributed by atoms with Crippen LogP contribution >= 0.6 is 0 Å². The molecule has 2 heteroatoms. The molecule has 0 atom stereocenters. The van der Waals surface area contributed by atoms with E-state index < -0.39 is 0 Å². The summed E-state index contributed by atoms with van der Waals surface area (Å²) in [5, 5.41) is 0. The summed E-state index contributed by atoms with van der Waals surface area (Å²) in [4.78, 5) is 4.77. The SMILES string of the molecule is [NH2+]c1c2c(nc3c1CCC3)CCCC2. The zero-order valence-corrected chi connectivity index (χ0v) is 8.47. The Bertz CT molecular complexity index is 382. The first-order valence-corrected chi connectivity index (χ1v) is 5.65. The van der Waals surface area contributed by atoms with E-state index in [1.165, 1.54) is 41.8 Å². The zero-order valence-electron chi connectivity index (χ0n) is 8.47. The largest absolute Gasteiger partial charge is 0.257 e. The van der Waals surface area contributed by atoms with Crippen LogP contribution in [-0.2, 0) is 25.7 Å². The minimum absolute atomic E-state index is 1.09. The molecule has 1 aromatic heterocycles. The Morgan fingerprint density at radius 2 is 1.36 bits per heavy atom. The number of hydrogen-bond donors (Lipinski definition) is 1. The van der Waals surface area contributed by atoms with E-state index in [1.807, 2.05) is 0 Å². The van der Waals surface area contributed by atoms with Gasteiger partial charge in [0, 0.05) is 16.8 Å². The minimum Gasteiger partial charge on any atom is -0.257 e. The van der Waals surface area contributed by atoms with E-state index in [2.05, 4.69) is 0 Å². The number of nitrogen functional groups attached to an aromatic ring is 1. The second-order valence-electron chi connectivity index (χ2n) is 4.44. The van der Waals surface area contributed by atoms with E-state index in [4.69, 9.17) is 10.7 Å². The monoisotopic (exact) mass is 188 g/mol. The maximum Gasteiger partial charge on any atom is 0.187 e. The quantitative estimate of drug-likeness (QED) is 0.650. The summed E-state index contributed by atoms with van der Waals surface area (Å²) in [6, 6.07) is 0. The first kappa shape index (κ1) is 8.42. The normalized spacial score (nSPS) is 19.2. The van der Waals surface area contributed by atoms with Crippen LogP contribution in [0, 0.1) is 0 Å². The van der Waals surface area contributed by atoms with Crippen molar-refractivity contribution in [1.82, 2.24) is 4.98 Å². The third-order valence-corrected chi connectivity index (χ3v) is 3.55. The van der Waals surface area contributed by atoms with Crippen molar-refractivity contribution in [1.29, 1.82) is 0 Å². The molecule has 0 unspecified atom stereocenters. The van der Waals surface area contributed by atoms with Crippen molar-refractivity contribution in [2.45, 2.75) is 44.9 Å². The Kier molecular flexibility index (Phi) is 1.84. The highest BCUT2D eigenvalue weighted by Gasteiger charge is 2.25. The van der Waals surface area contributed by atoms with Gasteiger partial charge in [-0.05, 0) is 44.9 Å². The summed E-state index contributed by atoms with van der Waals surface area (Å²) in [7, 11) is 0. The Morgan fingerprint density at radius 1 is 0.786 bits per heavy atom. The average molecular weight is 188 g/mol. The lowest BCUT2D eigenvalue weighted by atomic mass is 9.92. The summed E-state index contributed by atoms with van der Waals surface area (Å²) in [5.74, 6) is 0. The van der Waals surface area contributed by atoms with Crippen molar-refractivity contribution < 1.29 is 5.73 Å². The van der Waals surface area contributed by atoms with E-state index in [9.17, 15) is 0 Å². The van der Waals surface area contributed by atoms with Crippen molar-refractivity contribution in [2.24, 2.45) is 0 Å². The molecule has 0 saturated carbocycles. The molecule has 73 valence electrons. The minimum atomic E-state index is 1.09. The van der Waals surface area contributed by atoms with Crippen LogP contribution in [0.5, 0.6) is 0 Å². The fourth-order valence-corrected chi connectivity index (χ4v) is 2.79. The van der Waals surface area contributed by atoms with Crippen molar-refractivity contribution >= 4 is 5.69 Å². The molecule has 0 amide bonds. The number of nitrogens with zero attached hydrogens (tertiary/aromatic N) is 1. The van der Waals surface area contributed by atoms with E-state index in [0.29, 0.717) is 0 Å². The topological polar surface area (TPSA) is 38.2 Å². The predicted octanol–water partition coefficient (Wildman–Crippen LogP) is 1.11. The molecule has 0 fully saturated rings. The number of aromatic nitrogens is 1. The standard InChI is InChI=1S/C12H16N2/c13-12-8-4-1-2-6-10(8)14-11-7-3-5-9(11)12/h1-7,13H2/q+1. The summed E-state index contributed by atoms with van der Waals surface area (Å²) in [6.45, 7) is 0. The predicted molar refractivity (Wildman–Crippen MR) is 54.5 cm³/mol. The first-order valence-electron chi connectivity index (χ1n) is 5.65. The van der Waals surface area contributed by atoms with Gasteiger partial charge >= 0.3 is 0 Å². The van der Waals surface area contributed by atoms with Gasteiger partial charge in [0.2, 0.25) is 0 Å². The number of fused-ring (bicyclic) bond motifs is 2. The van der Waals surface area contributed by atoms with Gasteiger partial charge in [0.15, 0.2) is 5.69 Å². The highest BCUT2D eigenvalue weighted by molar-refractivity contribution is 5.53. The maximum atomic E-state index is 6.22. The second-order valence-corrected chi connectivity index (χ2v) is 4.44. The highest BCUT2D eigenvalue weighted by Crippen LogP contribution is 2.32. The van der Waals surface area contributed by atoms with Gasteiger partial charge in [-0.2, -0.15) is 5.73 Å². The van der Waals surface area contributed by atoms with Gasteiger partial charge in [-0.25, -0.2) is 0 Å². The van der Waals surface area contributed by atoms with E-state index in [1.54, 1.807) is 0 Å². The Hall–Kier alpha value is -0.890. The third kappa shape index (κ3) is 1.10. The molecular formula is C12H16N2+. The lowest BCUT2D eigenvalue weighted by molar-refractivity contribution is -0.257. The van der Waals surface area contributed by atoms with E-state index in [0.717, 1.165) is 31.4 Å². The fraction of sp³-hybridized carbons (Fsp3) is 0.583. The number of nitrogens with two attached hydrogens (primary N) is 1.